The van der Waals surface area contributed by atoms with Gasteiger partial charge < -0.3 is 24.4 Å². The number of ether oxygens (including phenoxy) is 1. The van der Waals surface area contributed by atoms with E-state index in [2.05, 4.69) is 57.0 Å². The molecule has 1 fully saturated rings. The quantitative estimate of drug-likeness (QED) is 0.592. The van der Waals surface area contributed by atoms with Crippen LogP contribution >= 0.6 is 0 Å². The van der Waals surface area contributed by atoms with Crippen molar-refractivity contribution in [1.29, 1.82) is 0 Å². The standard InChI is InChI=1S/C24H40N4O3Si/c1-23(2,3)31-22(29)27-13-9-10-18(27)15-28-20-12-11-17(14-19(20)26-21(28)25)16-30-32(7,8)24(4,5)6/h11-12,14,18H,9-10,13,15-16H2,1-8H3,(H2,25,26)/t18-/m1/s1. The van der Waals surface area contributed by atoms with Gasteiger partial charge in [0, 0.05) is 13.1 Å². The van der Waals surface area contributed by atoms with Crippen LogP contribution in [-0.4, -0.2) is 47.0 Å². The Morgan fingerprint density at radius 1 is 1.22 bits per heavy atom. The van der Waals surface area contributed by atoms with Crippen LogP contribution in [0.5, 0.6) is 0 Å². The van der Waals surface area contributed by atoms with E-state index < -0.39 is 13.9 Å². The van der Waals surface area contributed by atoms with Crippen molar-refractivity contribution >= 4 is 31.4 Å². The first-order chi connectivity index (χ1) is 14.7. The average molecular weight is 461 g/mol. The van der Waals surface area contributed by atoms with Crippen molar-refractivity contribution in [2.24, 2.45) is 0 Å². The zero-order valence-electron chi connectivity index (χ0n) is 21.0. The Balaban J connectivity index is 1.76. The van der Waals surface area contributed by atoms with E-state index >= 15 is 0 Å². The maximum Gasteiger partial charge on any atom is 0.410 e. The Morgan fingerprint density at radius 3 is 2.53 bits per heavy atom. The first kappa shape index (κ1) is 24.6. The molecule has 2 aromatic rings. The third kappa shape index (κ3) is 5.46. The van der Waals surface area contributed by atoms with Gasteiger partial charge in [-0.3, -0.25) is 0 Å². The molecule has 2 heterocycles. The number of nitrogen functional groups attached to an aromatic ring is 1. The van der Waals surface area contributed by atoms with Crippen molar-refractivity contribution < 1.29 is 14.0 Å². The highest BCUT2D eigenvalue weighted by Crippen LogP contribution is 2.37. The van der Waals surface area contributed by atoms with Crippen LogP contribution in [0.3, 0.4) is 0 Å². The predicted octanol–water partition coefficient (Wildman–Crippen LogP) is 5.54. The number of imidazole rings is 1. The van der Waals surface area contributed by atoms with Gasteiger partial charge in [0.05, 0.1) is 23.7 Å². The molecule has 1 atom stereocenters. The number of amides is 1. The first-order valence-corrected chi connectivity index (χ1v) is 14.5. The molecule has 1 aliphatic rings. The molecule has 0 bridgehead atoms. The van der Waals surface area contributed by atoms with Gasteiger partial charge in [-0.15, -0.1) is 0 Å². The fraction of sp³-hybridized carbons (Fsp3) is 0.667. The van der Waals surface area contributed by atoms with E-state index in [9.17, 15) is 4.79 Å². The zero-order chi connectivity index (χ0) is 23.9. The summed E-state index contributed by atoms with van der Waals surface area (Å²) in [6.07, 6.45) is 1.63. The summed E-state index contributed by atoms with van der Waals surface area (Å²) in [5, 5.41) is 0.171. The molecule has 0 radical (unpaired) electrons. The van der Waals surface area contributed by atoms with Crippen molar-refractivity contribution in [3.63, 3.8) is 0 Å². The van der Waals surface area contributed by atoms with E-state index in [-0.39, 0.29) is 17.2 Å². The topological polar surface area (TPSA) is 82.6 Å². The minimum atomic E-state index is -1.82. The number of aromatic nitrogens is 2. The van der Waals surface area contributed by atoms with Crippen LogP contribution in [0, 0.1) is 0 Å². The third-order valence-corrected chi connectivity index (χ3v) is 11.1. The third-order valence-electron chi connectivity index (χ3n) is 6.65. The molecule has 0 saturated carbocycles. The molecule has 7 nitrogen and oxygen atoms in total. The number of hydrogen-bond acceptors (Lipinski definition) is 5. The summed E-state index contributed by atoms with van der Waals surface area (Å²) >= 11 is 0. The van der Waals surface area contributed by atoms with Crippen LogP contribution in [0.15, 0.2) is 18.2 Å². The maximum absolute atomic E-state index is 12.7. The molecule has 178 valence electrons. The number of carbonyl (C=O) groups excluding carboxylic acids is 1. The second kappa shape index (κ2) is 8.70. The van der Waals surface area contributed by atoms with Crippen molar-refractivity contribution in [1.82, 2.24) is 14.5 Å². The molecule has 0 spiro atoms. The molecule has 1 amide bonds. The highest BCUT2D eigenvalue weighted by atomic mass is 28.4. The van der Waals surface area contributed by atoms with Gasteiger partial charge in [0.15, 0.2) is 8.32 Å². The summed E-state index contributed by atoms with van der Waals surface area (Å²) in [6.45, 7) is 18.8. The smallest absolute Gasteiger partial charge is 0.410 e. The molecule has 1 aromatic carbocycles. The SMILES string of the molecule is CC(C)(C)OC(=O)N1CCC[C@@H]1Cn1c(N)nc2cc(CO[Si](C)(C)C(C)(C)C)ccc21. The van der Waals surface area contributed by atoms with Crippen LogP contribution in [0.2, 0.25) is 18.1 Å². The van der Waals surface area contributed by atoms with Crippen LogP contribution in [0.25, 0.3) is 11.0 Å². The number of rotatable bonds is 5. The van der Waals surface area contributed by atoms with Gasteiger partial charge >= 0.3 is 6.09 Å². The maximum atomic E-state index is 12.7. The summed E-state index contributed by atoms with van der Waals surface area (Å²) in [5.41, 5.74) is 8.73. The lowest BCUT2D eigenvalue weighted by atomic mass is 10.2. The summed E-state index contributed by atoms with van der Waals surface area (Å²) in [7, 11) is -1.82. The van der Waals surface area contributed by atoms with Crippen LogP contribution < -0.4 is 5.73 Å². The number of hydrogen-bond donors (Lipinski definition) is 1. The Kier molecular flexibility index (Phi) is 6.69. The Morgan fingerprint density at radius 2 is 1.91 bits per heavy atom. The Hall–Kier alpha value is -2.06. The highest BCUT2D eigenvalue weighted by molar-refractivity contribution is 6.74. The monoisotopic (exact) mass is 460 g/mol. The molecule has 3 rings (SSSR count). The van der Waals surface area contributed by atoms with Crippen LogP contribution in [0.4, 0.5) is 10.7 Å². The molecule has 0 aliphatic carbocycles. The van der Waals surface area contributed by atoms with E-state index in [4.69, 9.17) is 14.9 Å². The summed E-state index contributed by atoms with van der Waals surface area (Å²) in [6, 6.07) is 6.27. The molecule has 8 heteroatoms. The van der Waals surface area contributed by atoms with Gasteiger partial charge in [-0.1, -0.05) is 26.8 Å². The lowest BCUT2D eigenvalue weighted by Gasteiger charge is -2.36. The van der Waals surface area contributed by atoms with Crippen molar-refractivity contribution in [2.45, 2.75) is 97.3 Å². The molecule has 32 heavy (non-hydrogen) atoms. The molecular formula is C24H40N4O3Si. The summed E-state index contributed by atoms with van der Waals surface area (Å²) in [4.78, 5) is 19.1. The predicted molar refractivity (Wildman–Crippen MR) is 132 cm³/mol. The number of carbonyl (C=O) groups is 1. The Labute approximate surface area is 193 Å². The van der Waals surface area contributed by atoms with Gasteiger partial charge in [-0.05, 0) is 69.4 Å². The number of likely N-dealkylation sites (tertiary alicyclic amines) is 1. The average Bonchev–Trinajstić information content (AvgIpc) is 3.22. The zero-order valence-corrected chi connectivity index (χ0v) is 22.0. The number of nitrogens with zero attached hydrogens (tertiary/aromatic N) is 3. The lowest BCUT2D eigenvalue weighted by molar-refractivity contribution is 0.0215. The number of nitrogens with two attached hydrogens (primary N) is 1. The largest absolute Gasteiger partial charge is 0.444 e. The van der Waals surface area contributed by atoms with E-state index in [1.807, 2.05) is 30.2 Å². The van der Waals surface area contributed by atoms with Crippen molar-refractivity contribution in [3.05, 3.63) is 23.8 Å². The summed E-state index contributed by atoms with van der Waals surface area (Å²) in [5.74, 6) is 0.471. The molecule has 0 unspecified atom stereocenters. The van der Waals surface area contributed by atoms with E-state index in [1.165, 1.54) is 0 Å². The van der Waals surface area contributed by atoms with E-state index in [0.717, 1.165) is 29.4 Å². The van der Waals surface area contributed by atoms with Gasteiger partial charge in [-0.25, -0.2) is 9.78 Å². The van der Waals surface area contributed by atoms with E-state index in [0.29, 0.717) is 25.6 Å². The highest BCUT2D eigenvalue weighted by Gasteiger charge is 2.37. The van der Waals surface area contributed by atoms with E-state index in [1.54, 1.807) is 0 Å². The minimum absolute atomic E-state index is 0.0474. The molecular weight excluding hydrogens is 420 g/mol. The van der Waals surface area contributed by atoms with Gasteiger partial charge in [-0.2, -0.15) is 0 Å². The number of fused-ring (bicyclic) bond motifs is 1. The van der Waals surface area contributed by atoms with Crippen molar-refractivity contribution in [2.75, 3.05) is 12.3 Å². The number of benzene rings is 1. The normalized spacial score (nSPS) is 17.9. The number of anilines is 1. The summed E-state index contributed by atoms with van der Waals surface area (Å²) < 4.78 is 14.0. The lowest BCUT2D eigenvalue weighted by Crippen LogP contribution is -2.41. The molecule has 2 N–H and O–H groups in total. The fourth-order valence-corrected chi connectivity index (χ4v) is 4.71. The minimum Gasteiger partial charge on any atom is -0.444 e. The van der Waals surface area contributed by atoms with Crippen LogP contribution in [0.1, 0.15) is 59.9 Å². The second-order valence-corrected chi connectivity index (χ2v) is 16.2. The fourth-order valence-electron chi connectivity index (χ4n) is 3.75. The molecule has 1 aliphatic heterocycles. The molecule has 1 saturated heterocycles. The molecule has 1 aromatic heterocycles. The van der Waals surface area contributed by atoms with Gasteiger partial charge in [0.1, 0.15) is 5.60 Å². The van der Waals surface area contributed by atoms with Crippen LogP contribution in [-0.2, 0) is 22.3 Å². The van der Waals surface area contributed by atoms with Gasteiger partial charge in [0.25, 0.3) is 0 Å². The van der Waals surface area contributed by atoms with Gasteiger partial charge in [0.2, 0.25) is 5.95 Å². The second-order valence-electron chi connectivity index (χ2n) is 11.4. The first-order valence-electron chi connectivity index (χ1n) is 11.6. The van der Waals surface area contributed by atoms with Crippen molar-refractivity contribution in [3.8, 4) is 0 Å². The Bertz CT molecular complexity index is 972.